The van der Waals surface area contributed by atoms with Gasteiger partial charge in [0.1, 0.15) is 12.4 Å². The third kappa shape index (κ3) is 6.67. The van der Waals surface area contributed by atoms with Crippen LogP contribution in [-0.2, 0) is 14.9 Å². The first kappa shape index (κ1) is 18.9. The molecule has 0 fully saturated rings. The number of hydrogen-bond acceptors (Lipinski definition) is 5. The Labute approximate surface area is 134 Å². The van der Waals surface area contributed by atoms with Crippen LogP contribution in [0.15, 0.2) is 18.2 Å². The summed E-state index contributed by atoms with van der Waals surface area (Å²) in [4.78, 5) is 11.8. The summed E-state index contributed by atoms with van der Waals surface area (Å²) < 4.78 is 53.6. The molecule has 0 saturated carbocycles. The van der Waals surface area contributed by atoms with Crippen molar-refractivity contribution in [3.63, 3.8) is 0 Å². The lowest BCUT2D eigenvalue weighted by molar-refractivity contribution is 0.0527. The van der Waals surface area contributed by atoms with Crippen LogP contribution in [0.4, 0.5) is 4.39 Å². The highest BCUT2D eigenvalue weighted by atomic mass is 32.2. The minimum absolute atomic E-state index is 0.0167. The zero-order valence-electron chi connectivity index (χ0n) is 12.9. The molecule has 1 N–H and O–H groups in total. The summed E-state index contributed by atoms with van der Waals surface area (Å²) in [5, 5.41) is 0. The Morgan fingerprint density at radius 3 is 2.61 bits per heavy atom. The van der Waals surface area contributed by atoms with Gasteiger partial charge in [0.25, 0.3) is 10.1 Å². The van der Waals surface area contributed by atoms with E-state index in [-0.39, 0.29) is 11.3 Å². The minimum Gasteiger partial charge on any atom is -0.472 e. The zero-order chi connectivity index (χ0) is 17.7. The molecule has 0 aliphatic rings. The average Bonchev–Trinajstić information content (AvgIpc) is 2.39. The fourth-order valence-electron chi connectivity index (χ4n) is 1.63. The van der Waals surface area contributed by atoms with Crippen molar-refractivity contribution in [2.75, 3.05) is 12.4 Å². The molecule has 8 heteroatoms. The Morgan fingerprint density at radius 1 is 1.39 bits per heavy atom. The summed E-state index contributed by atoms with van der Waals surface area (Å²) in [5.41, 5.74) is -0.972. The Kier molecular flexibility index (Phi) is 6.12. The van der Waals surface area contributed by atoms with Crippen molar-refractivity contribution in [1.29, 1.82) is 0 Å². The molecule has 0 atom stereocenters. The second kappa shape index (κ2) is 7.44. The van der Waals surface area contributed by atoms with Crippen molar-refractivity contribution >= 4 is 16.1 Å². The van der Waals surface area contributed by atoms with Gasteiger partial charge in [-0.3, -0.25) is 4.55 Å². The van der Waals surface area contributed by atoms with Crippen molar-refractivity contribution in [2.24, 2.45) is 0 Å². The predicted molar refractivity (Wildman–Crippen MR) is 81.3 cm³/mol. The SMILES string of the molecule is CC#CC(C)(C)Oc1cc(C(=O)OCCS(=O)(=O)O)ccc1F. The third-order valence-electron chi connectivity index (χ3n) is 2.53. The molecule has 0 aliphatic heterocycles. The fraction of sp³-hybridized carbons (Fsp3) is 0.400. The molecule has 126 valence electrons. The van der Waals surface area contributed by atoms with Gasteiger partial charge in [0.05, 0.1) is 5.56 Å². The number of esters is 1. The van der Waals surface area contributed by atoms with Gasteiger partial charge < -0.3 is 9.47 Å². The van der Waals surface area contributed by atoms with Gasteiger partial charge in [-0.2, -0.15) is 8.42 Å². The Bertz CT molecular complexity index is 743. The highest BCUT2D eigenvalue weighted by Gasteiger charge is 2.20. The summed E-state index contributed by atoms with van der Waals surface area (Å²) in [7, 11) is -4.22. The first-order chi connectivity index (χ1) is 10.5. The number of carbonyl (C=O) groups is 1. The molecular formula is C15H17FO6S. The molecule has 0 spiro atoms. The number of hydrogen-bond donors (Lipinski definition) is 1. The van der Waals surface area contributed by atoms with Crippen molar-refractivity contribution in [3.05, 3.63) is 29.6 Å². The molecule has 0 aromatic heterocycles. The molecule has 0 amide bonds. The lowest BCUT2D eigenvalue weighted by Crippen LogP contribution is -2.26. The maximum absolute atomic E-state index is 13.8. The van der Waals surface area contributed by atoms with Crippen LogP contribution < -0.4 is 4.74 Å². The Hall–Kier alpha value is -2.11. The van der Waals surface area contributed by atoms with E-state index in [1.807, 2.05) is 0 Å². The average molecular weight is 344 g/mol. The third-order valence-corrected chi connectivity index (χ3v) is 3.22. The molecule has 6 nitrogen and oxygen atoms in total. The number of ether oxygens (including phenoxy) is 2. The van der Waals surface area contributed by atoms with Gasteiger partial charge in [-0.15, -0.1) is 5.92 Å². The van der Waals surface area contributed by atoms with E-state index in [1.165, 1.54) is 6.07 Å². The molecular weight excluding hydrogens is 327 g/mol. The number of halogens is 1. The van der Waals surface area contributed by atoms with Gasteiger partial charge in [-0.25, -0.2) is 9.18 Å². The first-order valence-electron chi connectivity index (χ1n) is 6.59. The van der Waals surface area contributed by atoms with Crippen LogP contribution in [-0.4, -0.2) is 36.9 Å². The van der Waals surface area contributed by atoms with Gasteiger partial charge in [0, 0.05) is 0 Å². The fourth-order valence-corrected chi connectivity index (χ4v) is 1.93. The topological polar surface area (TPSA) is 89.9 Å². The molecule has 0 bridgehead atoms. The Morgan fingerprint density at radius 2 is 2.04 bits per heavy atom. The summed E-state index contributed by atoms with van der Waals surface area (Å²) in [5.74, 6) is 2.97. The quantitative estimate of drug-likeness (QED) is 0.483. The zero-order valence-corrected chi connectivity index (χ0v) is 13.7. The Balaban J connectivity index is 2.87. The number of carbonyl (C=O) groups excluding carboxylic acids is 1. The molecule has 1 rings (SSSR count). The molecule has 0 radical (unpaired) electrons. The largest absolute Gasteiger partial charge is 0.472 e. The lowest BCUT2D eigenvalue weighted by atomic mass is 10.1. The van der Waals surface area contributed by atoms with Crippen LogP contribution in [0.25, 0.3) is 0 Å². The summed E-state index contributed by atoms with van der Waals surface area (Å²) >= 11 is 0. The molecule has 0 heterocycles. The van der Waals surface area contributed by atoms with Gasteiger partial charge >= 0.3 is 5.97 Å². The van der Waals surface area contributed by atoms with E-state index < -0.39 is 39.9 Å². The minimum atomic E-state index is -4.22. The van der Waals surface area contributed by atoms with Crippen LogP contribution >= 0.6 is 0 Å². The lowest BCUT2D eigenvalue weighted by Gasteiger charge is -2.21. The van der Waals surface area contributed by atoms with Gasteiger partial charge in [-0.05, 0) is 39.0 Å². The van der Waals surface area contributed by atoms with E-state index in [4.69, 9.17) is 14.0 Å². The first-order valence-corrected chi connectivity index (χ1v) is 8.20. The van der Waals surface area contributed by atoms with Crippen LogP contribution in [0.2, 0.25) is 0 Å². The standard InChI is InChI=1S/C15H17FO6S/c1-4-7-15(2,3)22-13-10-11(5-6-12(13)16)14(17)21-8-9-23(18,19)20/h5-6,10H,8-9H2,1-3H3,(H,18,19,20). The van der Waals surface area contributed by atoms with E-state index in [0.717, 1.165) is 12.1 Å². The molecule has 0 aliphatic carbocycles. The van der Waals surface area contributed by atoms with Crippen molar-refractivity contribution in [2.45, 2.75) is 26.4 Å². The molecule has 1 aromatic carbocycles. The van der Waals surface area contributed by atoms with Crippen LogP contribution in [0, 0.1) is 17.7 Å². The van der Waals surface area contributed by atoms with E-state index in [1.54, 1.807) is 20.8 Å². The van der Waals surface area contributed by atoms with E-state index in [0.29, 0.717) is 0 Å². The summed E-state index contributed by atoms with van der Waals surface area (Å²) in [6.07, 6.45) is 0. The number of rotatable bonds is 6. The van der Waals surface area contributed by atoms with E-state index in [2.05, 4.69) is 11.8 Å². The summed E-state index contributed by atoms with van der Waals surface area (Å²) in [6.45, 7) is 4.38. The molecule has 0 unspecified atom stereocenters. The smallest absolute Gasteiger partial charge is 0.338 e. The summed E-state index contributed by atoms with van der Waals surface area (Å²) in [6, 6.07) is 3.35. The maximum Gasteiger partial charge on any atom is 0.338 e. The van der Waals surface area contributed by atoms with Crippen LogP contribution in [0.3, 0.4) is 0 Å². The number of benzene rings is 1. The van der Waals surface area contributed by atoms with Gasteiger partial charge in [-0.1, -0.05) is 5.92 Å². The highest BCUT2D eigenvalue weighted by molar-refractivity contribution is 7.85. The van der Waals surface area contributed by atoms with Crippen molar-refractivity contribution < 1.29 is 31.6 Å². The normalized spacial score (nSPS) is 11.3. The predicted octanol–water partition coefficient (Wildman–Crippen LogP) is 2.05. The van der Waals surface area contributed by atoms with Crippen molar-refractivity contribution in [1.82, 2.24) is 0 Å². The van der Waals surface area contributed by atoms with Gasteiger partial charge in [0.15, 0.2) is 17.2 Å². The van der Waals surface area contributed by atoms with E-state index in [9.17, 15) is 17.6 Å². The van der Waals surface area contributed by atoms with E-state index >= 15 is 0 Å². The van der Waals surface area contributed by atoms with Crippen LogP contribution in [0.5, 0.6) is 5.75 Å². The highest BCUT2D eigenvalue weighted by Crippen LogP contribution is 2.24. The second-order valence-electron chi connectivity index (χ2n) is 5.05. The molecule has 0 saturated heterocycles. The van der Waals surface area contributed by atoms with Crippen molar-refractivity contribution in [3.8, 4) is 17.6 Å². The molecule has 23 heavy (non-hydrogen) atoms. The van der Waals surface area contributed by atoms with Crippen LogP contribution in [0.1, 0.15) is 31.1 Å². The monoisotopic (exact) mass is 344 g/mol. The maximum atomic E-state index is 13.8. The second-order valence-corrected chi connectivity index (χ2v) is 6.63. The molecule has 1 aromatic rings. The van der Waals surface area contributed by atoms with Gasteiger partial charge in [0.2, 0.25) is 0 Å².